The Kier molecular flexibility index (Phi) is 3.27. The van der Waals surface area contributed by atoms with Crippen LogP contribution in [0.5, 0.6) is 0 Å². The molecular formula is C21H30O2. The van der Waals surface area contributed by atoms with Crippen LogP contribution in [0.4, 0.5) is 0 Å². The molecular weight excluding hydrogens is 284 g/mol. The lowest BCUT2D eigenvalue weighted by atomic mass is 9.45. The van der Waals surface area contributed by atoms with Crippen molar-refractivity contribution in [2.45, 2.75) is 71.3 Å². The van der Waals surface area contributed by atoms with Crippen LogP contribution < -0.4 is 0 Å². The molecule has 4 aliphatic carbocycles. The Balaban J connectivity index is 1.76. The molecule has 23 heavy (non-hydrogen) atoms. The summed E-state index contributed by atoms with van der Waals surface area (Å²) < 4.78 is 0. The van der Waals surface area contributed by atoms with Gasteiger partial charge in [-0.2, -0.15) is 0 Å². The van der Waals surface area contributed by atoms with E-state index in [-0.39, 0.29) is 16.7 Å². The van der Waals surface area contributed by atoms with Crippen LogP contribution in [0.15, 0.2) is 23.8 Å². The molecule has 0 spiro atoms. The molecule has 0 aliphatic heterocycles. The summed E-state index contributed by atoms with van der Waals surface area (Å²) in [6.07, 6.45) is 14.0. The Morgan fingerprint density at radius 3 is 2.70 bits per heavy atom. The smallest absolute Gasteiger partial charge is 0.133 e. The van der Waals surface area contributed by atoms with Gasteiger partial charge in [0, 0.05) is 11.3 Å². The van der Waals surface area contributed by atoms with Gasteiger partial charge in [-0.3, -0.25) is 4.79 Å². The van der Waals surface area contributed by atoms with Gasteiger partial charge in [0.1, 0.15) is 5.78 Å². The largest absolute Gasteiger partial charge is 0.389 e. The number of aliphatic hydroxyl groups is 1. The first-order valence-corrected chi connectivity index (χ1v) is 9.43. The minimum Gasteiger partial charge on any atom is -0.389 e. The third kappa shape index (κ3) is 1.82. The highest BCUT2D eigenvalue weighted by Gasteiger charge is 2.65. The first-order valence-electron chi connectivity index (χ1n) is 9.43. The van der Waals surface area contributed by atoms with Crippen molar-refractivity contribution in [2.75, 3.05) is 0 Å². The summed E-state index contributed by atoms with van der Waals surface area (Å²) in [5.41, 5.74) is 0.777. The third-order valence-electron chi connectivity index (χ3n) is 8.34. The molecule has 0 bridgehead atoms. The Bertz CT molecular complexity index is 603. The summed E-state index contributed by atoms with van der Waals surface area (Å²) in [5.74, 6) is 1.39. The van der Waals surface area contributed by atoms with E-state index >= 15 is 0 Å². The zero-order valence-corrected chi connectivity index (χ0v) is 14.8. The molecule has 0 unspecified atom stereocenters. The fourth-order valence-electron chi connectivity index (χ4n) is 6.90. The molecule has 0 saturated heterocycles. The molecule has 0 heterocycles. The second-order valence-electron chi connectivity index (χ2n) is 9.05. The third-order valence-corrected chi connectivity index (χ3v) is 8.34. The van der Waals surface area contributed by atoms with Crippen LogP contribution in [-0.2, 0) is 4.79 Å². The van der Waals surface area contributed by atoms with E-state index in [2.05, 4.69) is 32.1 Å². The van der Waals surface area contributed by atoms with Crippen LogP contribution in [0.1, 0.15) is 65.7 Å². The molecule has 4 rings (SSSR count). The molecule has 126 valence electrons. The molecule has 0 radical (unpaired) electrons. The van der Waals surface area contributed by atoms with Gasteiger partial charge < -0.3 is 5.11 Å². The van der Waals surface area contributed by atoms with Crippen LogP contribution >= 0.6 is 0 Å². The number of fused-ring (bicyclic) bond motifs is 5. The fourth-order valence-corrected chi connectivity index (χ4v) is 6.90. The second-order valence-corrected chi connectivity index (χ2v) is 9.05. The highest BCUT2D eigenvalue weighted by Crippen LogP contribution is 2.67. The predicted octanol–water partition coefficient (Wildman–Crippen LogP) is 4.44. The minimum atomic E-state index is -0.586. The van der Waals surface area contributed by atoms with E-state index in [1.54, 1.807) is 6.92 Å². The lowest BCUT2D eigenvalue weighted by Gasteiger charge is -2.61. The van der Waals surface area contributed by atoms with Crippen LogP contribution in [0, 0.1) is 28.6 Å². The van der Waals surface area contributed by atoms with E-state index in [0.29, 0.717) is 17.6 Å². The van der Waals surface area contributed by atoms with E-state index in [9.17, 15) is 9.90 Å². The summed E-state index contributed by atoms with van der Waals surface area (Å²) in [4.78, 5) is 12.2. The van der Waals surface area contributed by atoms with E-state index in [0.717, 1.165) is 44.9 Å². The molecule has 0 aromatic heterocycles. The van der Waals surface area contributed by atoms with Crippen molar-refractivity contribution >= 4 is 5.78 Å². The summed E-state index contributed by atoms with van der Waals surface area (Å²) in [6.45, 7) is 6.39. The van der Waals surface area contributed by atoms with Crippen molar-refractivity contribution in [1.82, 2.24) is 0 Å². The molecule has 2 fully saturated rings. The SMILES string of the molecule is CC(=O)[C@H]1CC[C@H]2[C@@H]3CC=C4C=CCC[C@]4(C)[C@@]3(O)CC[C@]12C. The normalized spacial score (nSPS) is 51.5. The molecule has 0 amide bonds. The lowest BCUT2D eigenvalue weighted by molar-refractivity contribution is -0.181. The lowest BCUT2D eigenvalue weighted by Crippen LogP contribution is -2.62. The van der Waals surface area contributed by atoms with Crippen molar-refractivity contribution in [1.29, 1.82) is 0 Å². The Hall–Kier alpha value is -0.890. The highest BCUT2D eigenvalue weighted by molar-refractivity contribution is 5.79. The van der Waals surface area contributed by atoms with Gasteiger partial charge in [-0.25, -0.2) is 0 Å². The molecule has 6 atom stereocenters. The Labute approximate surface area is 140 Å². The van der Waals surface area contributed by atoms with E-state index in [1.165, 1.54) is 5.57 Å². The maximum atomic E-state index is 12.2. The van der Waals surface area contributed by atoms with Gasteiger partial charge in [-0.15, -0.1) is 0 Å². The Morgan fingerprint density at radius 1 is 1.17 bits per heavy atom. The molecule has 1 N–H and O–H groups in total. The number of carbonyl (C=O) groups excluding carboxylic acids is 1. The molecule has 0 aromatic carbocycles. The maximum absolute atomic E-state index is 12.2. The van der Waals surface area contributed by atoms with Gasteiger partial charge in [0.25, 0.3) is 0 Å². The number of allylic oxidation sites excluding steroid dienone is 3. The standard InChI is InChI=1S/C21H30O2/c1-14(22)16-9-10-17-18-8-7-15-6-4-5-11-20(15,3)21(18,23)13-12-19(16,17)2/h4,6-7,16-18,23H,5,8-13H2,1-3H3/t16-,17+,18+,19-,20+,21-/m1/s1. The highest BCUT2D eigenvalue weighted by atomic mass is 16.3. The van der Waals surface area contributed by atoms with E-state index in [4.69, 9.17) is 0 Å². The predicted molar refractivity (Wildman–Crippen MR) is 91.9 cm³/mol. The minimum absolute atomic E-state index is 0.0969. The maximum Gasteiger partial charge on any atom is 0.133 e. The van der Waals surface area contributed by atoms with Crippen LogP contribution in [0.25, 0.3) is 0 Å². The summed E-state index contributed by atoms with van der Waals surface area (Å²) in [5, 5.41) is 11.9. The van der Waals surface area contributed by atoms with Gasteiger partial charge in [0.2, 0.25) is 0 Å². The zero-order chi connectivity index (χ0) is 16.5. The van der Waals surface area contributed by atoms with Crippen molar-refractivity contribution in [3.8, 4) is 0 Å². The average Bonchev–Trinajstić information content (AvgIpc) is 2.85. The van der Waals surface area contributed by atoms with Gasteiger partial charge >= 0.3 is 0 Å². The zero-order valence-electron chi connectivity index (χ0n) is 14.8. The molecule has 4 aliphatic rings. The van der Waals surface area contributed by atoms with Gasteiger partial charge in [-0.1, -0.05) is 32.1 Å². The molecule has 2 nitrogen and oxygen atoms in total. The van der Waals surface area contributed by atoms with Crippen LogP contribution in [0.2, 0.25) is 0 Å². The molecule has 2 heteroatoms. The van der Waals surface area contributed by atoms with Crippen LogP contribution in [0.3, 0.4) is 0 Å². The van der Waals surface area contributed by atoms with E-state index in [1.807, 2.05) is 0 Å². The molecule has 0 aromatic rings. The fraction of sp³-hybridized carbons (Fsp3) is 0.762. The number of hydrogen-bond donors (Lipinski definition) is 1. The number of hydrogen-bond acceptors (Lipinski definition) is 2. The monoisotopic (exact) mass is 314 g/mol. The summed E-state index contributed by atoms with van der Waals surface area (Å²) in [6, 6.07) is 0. The van der Waals surface area contributed by atoms with Crippen molar-refractivity contribution in [3.05, 3.63) is 23.8 Å². The number of rotatable bonds is 1. The van der Waals surface area contributed by atoms with Crippen molar-refractivity contribution in [2.24, 2.45) is 28.6 Å². The average molecular weight is 314 g/mol. The number of ketones is 1. The first-order chi connectivity index (χ1) is 10.8. The topological polar surface area (TPSA) is 37.3 Å². The first kappa shape index (κ1) is 15.6. The van der Waals surface area contributed by atoms with Crippen LogP contribution in [-0.4, -0.2) is 16.5 Å². The van der Waals surface area contributed by atoms with Gasteiger partial charge in [0.15, 0.2) is 0 Å². The quantitative estimate of drug-likeness (QED) is 0.777. The Morgan fingerprint density at radius 2 is 1.96 bits per heavy atom. The molecule has 2 saturated carbocycles. The summed E-state index contributed by atoms with van der Waals surface area (Å²) >= 11 is 0. The number of Topliss-reactive ketones (excluding diaryl/α,β-unsaturated/α-hetero) is 1. The van der Waals surface area contributed by atoms with E-state index < -0.39 is 5.60 Å². The van der Waals surface area contributed by atoms with Gasteiger partial charge in [0.05, 0.1) is 5.60 Å². The second kappa shape index (κ2) is 4.81. The van der Waals surface area contributed by atoms with Crippen molar-refractivity contribution in [3.63, 3.8) is 0 Å². The number of carbonyl (C=O) groups is 1. The summed E-state index contributed by atoms with van der Waals surface area (Å²) in [7, 11) is 0. The van der Waals surface area contributed by atoms with Gasteiger partial charge in [-0.05, 0) is 74.7 Å². The van der Waals surface area contributed by atoms with Crippen molar-refractivity contribution < 1.29 is 9.90 Å².